The highest BCUT2D eigenvalue weighted by Crippen LogP contribution is 2.34. The molecule has 10 heteroatoms. The van der Waals surface area contributed by atoms with Gasteiger partial charge in [0.15, 0.2) is 0 Å². The van der Waals surface area contributed by atoms with Crippen LogP contribution in [0.3, 0.4) is 0 Å². The minimum Gasteiger partial charge on any atom is -0.493 e. The number of nitrogens with zero attached hydrogens (tertiary/aromatic N) is 1. The largest absolute Gasteiger partial charge is 0.493 e. The molecule has 0 saturated carbocycles. The van der Waals surface area contributed by atoms with Crippen molar-refractivity contribution >= 4 is 23.9 Å². The number of fused-ring (bicyclic) bond motifs is 2. The molecular weight excluding hydrogens is 406 g/mol. The van der Waals surface area contributed by atoms with Crippen LogP contribution in [0.4, 0.5) is 4.79 Å². The Morgan fingerprint density at radius 3 is 2.19 bits per heavy atom. The first kappa shape index (κ1) is 24.1. The van der Waals surface area contributed by atoms with E-state index in [-0.39, 0.29) is 6.04 Å². The maximum absolute atomic E-state index is 12.4. The summed E-state index contributed by atoms with van der Waals surface area (Å²) in [5, 5.41) is 20.2. The van der Waals surface area contributed by atoms with Gasteiger partial charge < -0.3 is 25.2 Å². The number of hydrogen-bond acceptors (Lipinski definition) is 6. The number of carbonyl (C=O) groups excluding carboxylic acids is 2. The van der Waals surface area contributed by atoms with E-state index in [1.807, 2.05) is 13.0 Å². The van der Waals surface area contributed by atoms with Gasteiger partial charge in [-0.1, -0.05) is 19.1 Å². The SMILES string of the molecule is CCCOc1ccccc1C(=O)NC(=O)NC1CC2CCC(C1)N2C.O=C(O)C(=O)O. The number of amides is 3. The molecule has 10 nitrogen and oxygen atoms in total. The Bertz CT molecular complexity index is 788. The first-order valence-electron chi connectivity index (χ1n) is 10.2. The summed E-state index contributed by atoms with van der Waals surface area (Å²) in [6.07, 6.45) is 5.15. The molecule has 3 amide bonds. The molecule has 0 aromatic heterocycles. The van der Waals surface area contributed by atoms with Crippen molar-refractivity contribution in [2.24, 2.45) is 0 Å². The summed E-state index contributed by atoms with van der Waals surface area (Å²) in [4.78, 5) is 45.3. The minimum atomic E-state index is -1.82. The second-order valence-electron chi connectivity index (χ2n) is 7.60. The zero-order valence-corrected chi connectivity index (χ0v) is 17.7. The molecule has 0 spiro atoms. The summed E-state index contributed by atoms with van der Waals surface area (Å²) in [5.74, 6) is -3.57. The van der Waals surface area contributed by atoms with E-state index in [0.717, 1.165) is 19.3 Å². The number of carboxylic acid groups (broad SMARTS) is 2. The molecule has 2 aliphatic heterocycles. The minimum absolute atomic E-state index is 0.132. The predicted octanol–water partition coefficient (Wildman–Crippen LogP) is 1.70. The molecule has 2 atom stereocenters. The van der Waals surface area contributed by atoms with Crippen LogP contribution >= 0.6 is 0 Å². The van der Waals surface area contributed by atoms with Gasteiger partial charge in [0, 0.05) is 18.1 Å². The Kier molecular flexibility index (Phi) is 8.80. The molecule has 1 aromatic rings. The number of rotatable bonds is 5. The maximum Gasteiger partial charge on any atom is 0.414 e. The average molecular weight is 435 g/mol. The number of piperidine rings is 1. The first-order chi connectivity index (χ1) is 14.7. The molecule has 2 bridgehead atoms. The average Bonchev–Trinajstić information content (AvgIpc) is 2.93. The van der Waals surface area contributed by atoms with Crippen molar-refractivity contribution in [3.8, 4) is 5.75 Å². The quantitative estimate of drug-likeness (QED) is 0.511. The van der Waals surface area contributed by atoms with Gasteiger partial charge >= 0.3 is 18.0 Å². The van der Waals surface area contributed by atoms with Gasteiger partial charge in [-0.3, -0.25) is 10.1 Å². The molecule has 0 radical (unpaired) electrons. The molecule has 2 saturated heterocycles. The summed E-state index contributed by atoms with van der Waals surface area (Å²) >= 11 is 0. The summed E-state index contributed by atoms with van der Waals surface area (Å²) < 4.78 is 5.59. The van der Waals surface area contributed by atoms with Crippen molar-refractivity contribution in [2.75, 3.05) is 13.7 Å². The van der Waals surface area contributed by atoms with E-state index >= 15 is 0 Å². The fourth-order valence-corrected chi connectivity index (χ4v) is 3.91. The van der Waals surface area contributed by atoms with Gasteiger partial charge in [-0.25, -0.2) is 14.4 Å². The van der Waals surface area contributed by atoms with E-state index in [0.29, 0.717) is 30.0 Å². The molecule has 0 aliphatic carbocycles. The Morgan fingerprint density at radius 2 is 1.65 bits per heavy atom. The number of urea groups is 1. The third-order valence-corrected chi connectivity index (χ3v) is 5.44. The Balaban J connectivity index is 0.000000501. The number of imide groups is 1. The highest BCUT2D eigenvalue weighted by atomic mass is 16.5. The summed E-state index contributed by atoms with van der Waals surface area (Å²) in [7, 11) is 2.16. The molecule has 4 N–H and O–H groups in total. The molecule has 170 valence electrons. The van der Waals surface area contributed by atoms with Crippen molar-refractivity contribution in [3.63, 3.8) is 0 Å². The third-order valence-electron chi connectivity index (χ3n) is 5.44. The maximum atomic E-state index is 12.4. The number of para-hydroxylation sites is 1. The van der Waals surface area contributed by atoms with E-state index in [2.05, 4.69) is 22.6 Å². The molecule has 3 rings (SSSR count). The number of hydrogen-bond donors (Lipinski definition) is 4. The van der Waals surface area contributed by atoms with Gasteiger partial charge in [-0.05, 0) is 51.3 Å². The lowest BCUT2D eigenvalue weighted by Crippen LogP contribution is -2.51. The first-order valence-corrected chi connectivity index (χ1v) is 10.2. The second-order valence-corrected chi connectivity index (χ2v) is 7.60. The standard InChI is InChI=1S/C19H27N3O3.C2H2O4/c1-3-10-25-17-7-5-4-6-16(17)18(23)21-19(24)20-13-11-14-8-9-15(12-13)22(14)2;3-1(4)2(5)6/h4-7,13-15H,3,8-12H2,1-2H3,(H2,20,21,23,24);(H,3,4)(H,5,6). The van der Waals surface area contributed by atoms with Crippen LogP contribution in [-0.4, -0.2) is 70.8 Å². The Hall–Kier alpha value is -3.14. The summed E-state index contributed by atoms with van der Waals surface area (Å²) in [6, 6.07) is 7.79. The van der Waals surface area contributed by atoms with E-state index < -0.39 is 23.9 Å². The fraction of sp³-hybridized carbons (Fsp3) is 0.524. The van der Waals surface area contributed by atoms with Gasteiger partial charge in [-0.2, -0.15) is 0 Å². The van der Waals surface area contributed by atoms with Crippen LogP contribution in [0, 0.1) is 0 Å². The van der Waals surface area contributed by atoms with Crippen LogP contribution < -0.4 is 15.4 Å². The van der Waals surface area contributed by atoms with E-state index in [1.54, 1.807) is 18.2 Å². The van der Waals surface area contributed by atoms with Crippen LogP contribution in [0.2, 0.25) is 0 Å². The summed E-state index contributed by atoms with van der Waals surface area (Å²) in [6.45, 7) is 2.54. The monoisotopic (exact) mass is 435 g/mol. The number of benzene rings is 1. The summed E-state index contributed by atoms with van der Waals surface area (Å²) in [5.41, 5.74) is 0.384. The van der Waals surface area contributed by atoms with Gasteiger partial charge in [0.1, 0.15) is 5.75 Å². The van der Waals surface area contributed by atoms with Crippen LogP contribution in [-0.2, 0) is 9.59 Å². The van der Waals surface area contributed by atoms with Gasteiger partial charge in [0.25, 0.3) is 5.91 Å². The second kappa shape index (κ2) is 11.3. The Morgan fingerprint density at radius 1 is 1.06 bits per heavy atom. The van der Waals surface area contributed by atoms with Crippen molar-refractivity contribution in [3.05, 3.63) is 29.8 Å². The van der Waals surface area contributed by atoms with Crippen LogP contribution in [0.25, 0.3) is 0 Å². The number of carbonyl (C=O) groups is 4. The van der Waals surface area contributed by atoms with Crippen LogP contribution in [0.15, 0.2) is 24.3 Å². The van der Waals surface area contributed by atoms with Gasteiger partial charge in [-0.15, -0.1) is 0 Å². The highest BCUT2D eigenvalue weighted by Gasteiger charge is 2.38. The van der Waals surface area contributed by atoms with Gasteiger partial charge in [0.05, 0.1) is 12.2 Å². The number of aliphatic carboxylic acids is 2. The van der Waals surface area contributed by atoms with Crippen molar-refractivity contribution in [1.29, 1.82) is 0 Å². The smallest absolute Gasteiger partial charge is 0.414 e. The normalized spacial score (nSPS) is 21.9. The zero-order chi connectivity index (χ0) is 23.0. The Labute approximate surface area is 180 Å². The number of ether oxygens (including phenoxy) is 1. The molecule has 31 heavy (non-hydrogen) atoms. The predicted molar refractivity (Wildman–Crippen MR) is 111 cm³/mol. The van der Waals surface area contributed by atoms with E-state index in [1.165, 1.54) is 12.8 Å². The van der Waals surface area contributed by atoms with Crippen molar-refractivity contribution in [2.45, 2.75) is 57.2 Å². The van der Waals surface area contributed by atoms with Crippen molar-refractivity contribution in [1.82, 2.24) is 15.5 Å². The zero-order valence-electron chi connectivity index (χ0n) is 17.7. The molecule has 2 heterocycles. The lowest BCUT2D eigenvalue weighted by atomic mass is 9.98. The van der Waals surface area contributed by atoms with Crippen LogP contribution in [0.5, 0.6) is 5.75 Å². The molecule has 2 aliphatic rings. The number of carboxylic acids is 2. The number of nitrogens with one attached hydrogen (secondary N) is 2. The van der Waals surface area contributed by atoms with Crippen molar-refractivity contribution < 1.29 is 34.1 Å². The van der Waals surface area contributed by atoms with E-state index in [4.69, 9.17) is 24.5 Å². The van der Waals surface area contributed by atoms with Gasteiger partial charge in [0.2, 0.25) is 0 Å². The van der Waals surface area contributed by atoms with Crippen LogP contribution in [0.1, 0.15) is 49.4 Å². The molecule has 2 unspecified atom stereocenters. The lowest BCUT2D eigenvalue weighted by Gasteiger charge is -2.36. The molecule has 2 fully saturated rings. The fourth-order valence-electron chi connectivity index (χ4n) is 3.91. The lowest BCUT2D eigenvalue weighted by molar-refractivity contribution is -0.159. The third kappa shape index (κ3) is 6.95. The highest BCUT2D eigenvalue weighted by molar-refractivity contribution is 6.27. The topological polar surface area (TPSA) is 145 Å². The van der Waals surface area contributed by atoms with E-state index in [9.17, 15) is 9.59 Å². The molecule has 1 aromatic carbocycles. The molecular formula is C21H29N3O7.